The summed E-state index contributed by atoms with van der Waals surface area (Å²) in [4.78, 5) is 3.73. The molecule has 1 atom stereocenters. The number of nitriles is 1. The highest BCUT2D eigenvalue weighted by Gasteiger charge is 2.40. The molecule has 3 nitrogen and oxygen atoms in total. The second-order valence-corrected chi connectivity index (χ2v) is 4.74. The van der Waals surface area contributed by atoms with E-state index in [-0.39, 0.29) is 5.56 Å². The summed E-state index contributed by atoms with van der Waals surface area (Å²) in [5, 5.41) is 10.3. The first-order valence-electron chi connectivity index (χ1n) is 6.81. The van der Waals surface area contributed by atoms with Gasteiger partial charge >= 0.3 is 12.4 Å². The van der Waals surface area contributed by atoms with Gasteiger partial charge in [0.1, 0.15) is 12.1 Å². The van der Waals surface area contributed by atoms with Crippen molar-refractivity contribution in [3.05, 3.63) is 65.5 Å². The van der Waals surface area contributed by atoms with Crippen molar-refractivity contribution in [1.29, 1.82) is 5.26 Å². The Kier molecular flexibility index (Phi) is 6.94. The van der Waals surface area contributed by atoms with E-state index in [1.807, 2.05) is 11.4 Å². The minimum absolute atomic E-state index is 0.256. The van der Waals surface area contributed by atoms with Crippen molar-refractivity contribution in [2.75, 3.05) is 7.05 Å². The van der Waals surface area contributed by atoms with E-state index in [1.54, 1.807) is 18.3 Å². The number of halogens is 6. The van der Waals surface area contributed by atoms with E-state index >= 15 is 0 Å². The van der Waals surface area contributed by atoms with Crippen LogP contribution in [-0.2, 0) is 6.18 Å². The predicted octanol–water partition coefficient (Wildman–Crippen LogP) is 4.48. The minimum atomic E-state index is -4.55. The van der Waals surface area contributed by atoms with Gasteiger partial charge in [0, 0.05) is 12.4 Å². The molecule has 0 saturated carbocycles. The number of nitrogens with zero attached hydrogens (tertiary/aromatic N) is 2. The van der Waals surface area contributed by atoms with Gasteiger partial charge in [0.2, 0.25) is 0 Å². The molecule has 0 spiro atoms. The zero-order valence-electron chi connectivity index (χ0n) is 12.9. The third-order valence-corrected chi connectivity index (χ3v) is 2.98. The summed E-state index contributed by atoms with van der Waals surface area (Å²) in [5.41, 5.74) is -0.626. The highest BCUT2D eigenvalue weighted by molar-refractivity contribution is 5.27. The van der Waals surface area contributed by atoms with Gasteiger partial charge in [-0.3, -0.25) is 4.98 Å². The molecule has 0 unspecified atom stereocenters. The molecule has 134 valence electrons. The molecule has 0 radical (unpaired) electrons. The average molecular weight is 361 g/mol. The SMILES string of the molecule is CN[C@H](c1ccc(C(F)(F)F)cc1)C(F)(F)F.N#Cc1cccnc1. The van der Waals surface area contributed by atoms with E-state index in [0.717, 1.165) is 19.2 Å². The number of rotatable bonds is 2. The van der Waals surface area contributed by atoms with Crippen LogP contribution < -0.4 is 5.32 Å². The minimum Gasteiger partial charge on any atom is -0.306 e. The van der Waals surface area contributed by atoms with Crippen LogP contribution in [-0.4, -0.2) is 18.2 Å². The molecule has 0 aliphatic rings. The zero-order chi connectivity index (χ0) is 19.1. The first kappa shape index (κ1) is 20.4. The van der Waals surface area contributed by atoms with Gasteiger partial charge in [0.05, 0.1) is 11.1 Å². The summed E-state index contributed by atoms with van der Waals surface area (Å²) in [5.74, 6) is 0. The van der Waals surface area contributed by atoms with Crippen LogP contribution in [0.3, 0.4) is 0 Å². The standard InChI is InChI=1S/C10H9F6N.C6H4N2/c1-17-8(10(14,15)16)6-2-4-7(5-3-6)9(11,12)13;7-4-6-2-1-3-8-5-6/h2-5,8,17H,1H3;1-3,5H/t8-;/m1./s1. The Morgan fingerprint density at radius 3 is 1.96 bits per heavy atom. The summed E-state index contributed by atoms with van der Waals surface area (Å²) in [7, 11) is 1.09. The van der Waals surface area contributed by atoms with E-state index in [2.05, 4.69) is 4.98 Å². The molecule has 1 heterocycles. The normalized spacial score (nSPS) is 12.6. The van der Waals surface area contributed by atoms with E-state index < -0.39 is 24.0 Å². The van der Waals surface area contributed by atoms with Crippen molar-refractivity contribution in [2.45, 2.75) is 18.4 Å². The highest BCUT2D eigenvalue weighted by atomic mass is 19.4. The van der Waals surface area contributed by atoms with Crippen molar-refractivity contribution in [3.8, 4) is 6.07 Å². The molecule has 0 bridgehead atoms. The van der Waals surface area contributed by atoms with Crippen molar-refractivity contribution < 1.29 is 26.3 Å². The molecule has 1 aromatic carbocycles. The number of hydrogen-bond acceptors (Lipinski definition) is 3. The predicted molar refractivity (Wildman–Crippen MR) is 78.3 cm³/mol. The van der Waals surface area contributed by atoms with Gasteiger partial charge in [-0.15, -0.1) is 0 Å². The highest BCUT2D eigenvalue weighted by Crippen LogP contribution is 2.34. The number of pyridine rings is 1. The summed E-state index contributed by atoms with van der Waals surface area (Å²) in [6.45, 7) is 0. The molecule has 2 rings (SSSR count). The molecular weight excluding hydrogens is 348 g/mol. The number of benzene rings is 1. The summed E-state index contributed by atoms with van der Waals surface area (Å²) in [6.07, 6.45) is -5.93. The number of aromatic nitrogens is 1. The Morgan fingerprint density at radius 2 is 1.64 bits per heavy atom. The van der Waals surface area contributed by atoms with Crippen LogP contribution in [0.1, 0.15) is 22.7 Å². The molecule has 25 heavy (non-hydrogen) atoms. The van der Waals surface area contributed by atoms with Crippen LogP contribution in [0.4, 0.5) is 26.3 Å². The van der Waals surface area contributed by atoms with Crippen LogP contribution in [0.25, 0.3) is 0 Å². The van der Waals surface area contributed by atoms with E-state index in [4.69, 9.17) is 5.26 Å². The molecular formula is C16H13F6N3. The van der Waals surface area contributed by atoms with Crippen LogP contribution in [0.5, 0.6) is 0 Å². The lowest BCUT2D eigenvalue weighted by molar-refractivity contribution is -0.156. The summed E-state index contributed by atoms with van der Waals surface area (Å²) >= 11 is 0. The second kappa shape index (κ2) is 8.48. The smallest absolute Gasteiger partial charge is 0.306 e. The fourth-order valence-corrected chi connectivity index (χ4v) is 1.81. The van der Waals surface area contributed by atoms with E-state index in [0.29, 0.717) is 17.7 Å². The first-order chi connectivity index (χ1) is 11.6. The van der Waals surface area contributed by atoms with Crippen molar-refractivity contribution >= 4 is 0 Å². The Bertz CT molecular complexity index is 687. The number of hydrogen-bond donors (Lipinski definition) is 1. The molecule has 2 aromatic rings. The Labute approximate surface area is 139 Å². The van der Waals surface area contributed by atoms with E-state index in [9.17, 15) is 26.3 Å². The lowest BCUT2D eigenvalue weighted by Crippen LogP contribution is -2.31. The maximum atomic E-state index is 12.5. The van der Waals surface area contributed by atoms with Crippen LogP contribution in [0.15, 0.2) is 48.8 Å². The average Bonchev–Trinajstić information content (AvgIpc) is 2.55. The Balaban J connectivity index is 0.000000324. The maximum absolute atomic E-state index is 12.5. The van der Waals surface area contributed by atoms with E-state index in [1.165, 1.54) is 6.20 Å². The van der Waals surface area contributed by atoms with Crippen molar-refractivity contribution in [1.82, 2.24) is 10.3 Å². The van der Waals surface area contributed by atoms with Crippen molar-refractivity contribution in [3.63, 3.8) is 0 Å². The molecule has 9 heteroatoms. The van der Waals surface area contributed by atoms with Gasteiger partial charge in [0.15, 0.2) is 0 Å². The summed E-state index contributed by atoms with van der Waals surface area (Å²) in [6, 6.07) is 6.34. The van der Waals surface area contributed by atoms with Crippen LogP contribution in [0.2, 0.25) is 0 Å². The number of alkyl halides is 6. The fraction of sp³-hybridized carbons (Fsp3) is 0.250. The second-order valence-electron chi connectivity index (χ2n) is 4.74. The molecule has 0 fully saturated rings. The quantitative estimate of drug-likeness (QED) is 0.803. The van der Waals surface area contributed by atoms with Gasteiger partial charge < -0.3 is 5.32 Å². The Hall–Kier alpha value is -2.60. The van der Waals surface area contributed by atoms with Gasteiger partial charge in [-0.1, -0.05) is 12.1 Å². The van der Waals surface area contributed by atoms with Gasteiger partial charge in [-0.05, 0) is 36.9 Å². The first-order valence-corrected chi connectivity index (χ1v) is 6.81. The maximum Gasteiger partial charge on any atom is 0.416 e. The lowest BCUT2D eigenvalue weighted by atomic mass is 10.0. The monoisotopic (exact) mass is 361 g/mol. The Morgan fingerprint density at radius 1 is 1.04 bits per heavy atom. The molecule has 0 amide bonds. The van der Waals surface area contributed by atoms with Crippen molar-refractivity contribution in [2.24, 2.45) is 0 Å². The molecule has 1 aromatic heterocycles. The summed E-state index contributed by atoms with van der Waals surface area (Å²) < 4.78 is 74.0. The molecule has 0 aliphatic carbocycles. The fourth-order valence-electron chi connectivity index (χ4n) is 1.81. The van der Waals surface area contributed by atoms with Gasteiger partial charge in [-0.25, -0.2) is 0 Å². The third kappa shape index (κ3) is 6.43. The lowest BCUT2D eigenvalue weighted by Gasteiger charge is -2.20. The van der Waals surface area contributed by atoms with Crippen LogP contribution >= 0.6 is 0 Å². The third-order valence-electron chi connectivity index (χ3n) is 2.98. The largest absolute Gasteiger partial charge is 0.416 e. The molecule has 1 N–H and O–H groups in total. The molecule has 0 saturated heterocycles. The van der Waals surface area contributed by atoms with Gasteiger partial charge in [0.25, 0.3) is 0 Å². The van der Waals surface area contributed by atoms with Crippen LogP contribution in [0, 0.1) is 11.3 Å². The molecule has 0 aliphatic heterocycles. The topological polar surface area (TPSA) is 48.7 Å². The zero-order valence-corrected chi connectivity index (χ0v) is 12.9. The number of nitrogens with one attached hydrogen (secondary N) is 1. The van der Waals surface area contributed by atoms with Gasteiger partial charge in [-0.2, -0.15) is 31.6 Å².